The van der Waals surface area contributed by atoms with E-state index in [0.29, 0.717) is 51.6 Å². The fraction of sp³-hybridized carbons (Fsp3) is 0.750. The van der Waals surface area contributed by atoms with Crippen molar-refractivity contribution in [2.45, 2.75) is 11.6 Å². The Hall–Kier alpha value is -1.02. The number of sulfonamides is 1. The van der Waals surface area contributed by atoms with Crippen molar-refractivity contribution in [1.29, 1.82) is 0 Å². The second kappa shape index (κ2) is 8.38. The monoisotopic (exact) mass is 435 g/mol. The lowest BCUT2D eigenvalue weighted by Gasteiger charge is -2.38. The van der Waals surface area contributed by atoms with Crippen LogP contribution in [0.15, 0.2) is 21.6 Å². The summed E-state index contributed by atoms with van der Waals surface area (Å²) in [6.07, 6.45) is 0. The van der Waals surface area contributed by atoms with Crippen LogP contribution in [0.5, 0.6) is 0 Å². The van der Waals surface area contributed by atoms with Crippen molar-refractivity contribution < 1.29 is 21.3 Å². The summed E-state index contributed by atoms with van der Waals surface area (Å²) < 4.78 is 59.5. The Morgan fingerprint density at radius 1 is 0.893 bits per heavy atom. The van der Waals surface area contributed by atoms with Gasteiger partial charge in [0.2, 0.25) is 5.09 Å². The van der Waals surface area contributed by atoms with Gasteiger partial charge in [0.05, 0.1) is 6.54 Å². The minimum Gasteiger partial charge on any atom is -0.447 e. The maximum atomic E-state index is 12.8. The van der Waals surface area contributed by atoms with Crippen molar-refractivity contribution in [3.8, 4) is 0 Å². The maximum Gasteiger partial charge on any atom is 0.282 e. The maximum absolute atomic E-state index is 12.8. The van der Waals surface area contributed by atoms with Gasteiger partial charge in [-0.3, -0.25) is 4.90 Å². The van der Waals surface area contributed by atoms with Crippen LogP contribution in [-0.4, -0.2) is 113 Å². The second-order valence-electron chi connectivity index (χ2n) is 7.39. The number of nitrogens with zero attached hydrogens (tertiary/aromatic N) is 5. The van der Waals surface area contributed by atoms with Crippen molar-refractivity contribution in [1.82, 2.24) is 22.7 Å². The van der Waals surface area contributed by atoms with Crippen LogP contribution in [0.4, 0.5) is 0 Å². The minimum atomic E-state index is -3.59. The molecule has 2 aliphatic rings. The van der Waals surface area contributed by atoms with E-state index in [4.69, 9.17) is 4.42 Å². The van der Waals surface area contributed by atoms with Crippen LogP contribution in [0.25, 0.3) is 0 Å². The summed E-state index contributed by atoms with van der Waals surface area (Å²) in [5.41, 5.74) is 0. The van der Waals surface area contributed by atoms with Gasteiger partial charge in [0, 0.05) is 66.5 Å². The summed E-state index contributed by atoms with van der Waals surface area (Å²) in [7, 11) is -2.11. The number of piperazine rings is 2. The van der Waals surface area contributed by atoms with Crippen LogP contribution in [0, 0.1) is 0 Å². The normalized spacial score (nSPS) is 22.1. The molecule has 0 radical (unpaired) electrons. The molecule has 2 fully saturated rings. The molecule has 0 atom stereocenters. The second-order valence-corrected chi connectivity index (χ2v) is 11.4. The molecule has 0 bridgehead atoms. The van der Waals surface area contributed by atoms with E-state index in [1.165, 1.54) is 20.2 Å². The van der Waals surface area contributed by atoms with E-state index < -0.39 is 20.2 Å². The third-order valence-corrected chi connectivity index (χ3v) is 8.92. The quantitative estimate of drug-likeness (QED) is 0.573. The fourth-order valence-electron chi connectivity index (χ4n) is 3.28. The van der Waals surface area contributed by atoms with Gasteiger partial charge in [-0.2, -0.15) is 17.0 Å². The molecule has 0 aromatic carbocycles. The average molecular weight is 436 g/mol. The van der Waals surface area contributed by atoms with E-state index in [0.717, 1.165) is 17.4 Å². The standard InChI is InChI=1S/C16H29N5O5S2/c1-17(2)27(22,23)16-5-4-15(26-16)14-19-8-12-21(13-9-19)28(24,25)20-10-6-18(3)7-11-20/h4-5H,6-14H2,1-3H3. The molecule has 3 rings (SSSR count). The molecule has 10 nitrogen and oxygen atoms in total. The molecule has 0 N–H and O–H groups in total. The van der Waals surface area contributed by atoms with Gasteiger partial charge in [-0.05, 0) is 19.2 Å². The van der Waals surface area contributed by atoms with Crippen LogP contribution in [-0.2, 0) is 26.8 Å². The summed E-state index contributed by atoms with van der Waals surface area (Å²) in [6, 6.07) is 3.11. The number of furan rings is 1. The Morgan fingerprint density at radius 2 is 1.43 bits per heavy atom. The minimum absolute atomic E-state index is 0.0798. The molecule has 12 heteroatoms. The lowest BCUT2D eigenvalue weighted by Crippen LogP contribution is -2.56. The lowest BCUT2D eigenvalue weighted by atomic mass is 10.3. The Labute approximate surface area is 167 Å². The summed E-state index contributed by atoms with van der Waals surface area (Å²) in [5.74, 6) is 0.552. The van der Waals surface area contributed by atoms with Crippen LogP contribution < -0.4 is 0 Å². The van der Waals surface area contributed by atoms with E-state index in [9.17, 15) is 16.8 Å². The number of hydrogen-bond donors (Lipinski definition) is 0. The SMILES string of the molecule is CN1CCN(S(=O)(=O)N2CCN(Cc3ccc(S(=O)(=O)N(C)C)o3)CC2)CC1. The largest absolute Gasteiger partial charge is 0.447 e. The van der Waals surface area contributed by atoms with Gasteiger partial charge >= 0.3 is 0 Å². The highest BCUT2D eigenvalue weighted by molar-refractivity contribution is 7.89. The van der Waals surface area contributed by atoms with Crippen molar-refractivity contribution in [2.24, 2.45) is 0 Å². The van der Waals surface area contributed by atoms with E-state index in [1.54, 1.807) is 14.7 Å². The molecule has 2 saturated heterocycles. The van der Waals surface area contributed by atoms with Crippen LogP contribution in [0.1, 0.15) is 5.76 Å². The summed E-state index contributed by atoms with van der Waals surface area (Å²) in [4.78, 5) is 4.19. The number of hydrogen-bond acceptors (Lipinski definition) is 7. The van der Waals surface area contributed by atoms with Crippen molar-refractivity contribution in [3.63, 3.8) is 0 Å². The fourth-order valence-corrected chi connectivity index (χ4v) is 5.67. The highest BCUT2D eigenvalue weighted by Gasteiger charge is 2.34. The van der Waals surface area contributed by atoms with Crippen LogP contribution in [0.2, 0.25) is 0 Å². The van der Waals surface area contributed by atoms with Crippen molar-refractivity contribution in [2.75, 3.05) is 73.5 Å². The first-order chi connectivity index (χ1) is 13.1. The predicted octanol–water partition coefficient (Wildman–Crippen LogP) is -0.860. The molecule has 0 amide bonds. The van der Waals surface area contributed by atoms with Crippen molar-refractivity contribution in [3.05, 3.63) is 17.9 Å². The van der Waals surface area contributed by atoms with Gasteiger partial charge < -0.3 is 9.32 Å². The zero-order valence-corrected chi connectivity index (χ0v) is 18.2. The van der Waals surface area contributed by atoms with Crippen LogP contribution >= 0.6 is 0 Å². The van der Waals surface area contributed by atoms with E-state index >= 15 is 0 Å². The Kier molecular flexibility index (Phi) is 6.49. The zero-order valence-electron chi connectivity index (χ0n) is 16.6. The molecule has 3 heterocycles. The van der Waals surface area contributed by atoms with E-state index in [2.05, 4.69) is 9.80 Å². The Morgan fingerprint density at radius 3 is 1.96 bits per heavy atom. The summed E-state index contributed by atoms with van der Waals surface area (Å²) >= 11 is 0. The Balaban J connectivity index is 1.55. The third-order valence-electron chi connectivity index (χ3n) is 5.20. The van der Waals surface area contributed by atoms with Gasteiger partial charge in [0.15, 0.2) is 0 Å². The molecule has 1 aromatic rings. The molecule has 2 aliphatic heterocycles. The molecule has 0 aliphatic carbocycles. The smallest absolute Gasteiger partial charge is 0.282 e. The highest BCUT2D eigenvalue weighted by Crippen LogP contribution is 2.20. The molecular formula is C16H29N5O5S2. The first-order valence-electron chi connectivity index (χ1n) is 9.28. The highest BCUT2D eigenvalue weighted by atomic mass is 32.2. The molecule has 160 valence electrons. The predicted molar refractivity (Wildman–Crippen MR) is 104 cm³/mol. The first kappa shape index (κ1) is 21.7. The third kappa shape index (κ3) is 4.58. The average Bonchev–Trinajstić information content (AvgIpc) is 3.12. The number of rotatable bonds is 6. The first-order valence-corrected chi connectivity index (χ1v) is 12.1. The van der Waals surface area contributed by atoms with Gasteiger partial charge in [0.25, 0.3) is 20.2 Å². The molecule has 0 spiro atoms. The van der Waals surface area contributed by atoms with Gasteiger partial charge in [-0.1, -0.05) is 0 Å². The zero-order chi connectivity index (χ0) is 20.5. The van der Waals surface area contributed by atoms with Gasteiger partial charge in [-0.25, -0.2) is 12.7 Å². The van der Waals surface area contributed by atoms with E-state index in [-0.39, 0.29) is 5.09 Å². The van der Waals surface area contributed by atoms with Crippen molar-refractivity contribution >= 4 is 20.2 Å². The summed E-state index contributed by atoms with van der Waals surface area (Å²) in [5, 5.41) is -0.0798. The van der Waals surface area contributed by atoms with E-state index in [1.807, 2.05) is 7.05 Å². The Bertz CT molecular complexity index is 867. The molecular weight excluding hydrogens is 406 g/mol. The molecule has 0 saturated carbocycles. The summed E-state index contributed by atoms with van der Waals surface area (Å²) in [6.45, 7) is 4.96. The van der Waals surface area contributed by atoms with Gasteiger partial charge in [0.1, 0.15) is 5.76 Å². The molecule has 28 heavy (non-hydrogen) atoms. The van der Waals surface area contributed by atoms with Crippen LogP contribution in [0.3, 0.4) is 0 Å². The number of likely N-dealkylation sites (N-methyl/N-ethyl adjacent to an activating group) is 1. The van der Waals surface area contributed by atoms with Gasteiger partial charge in [-0.15, -0.1) is 0 Å². The molecule has 0 unspecified atom stereocenters. The lowest BCUT2D eigenvalue weighted by molar-refractivity contribution is 0.155. The molecule has 1 aromatic heterocycles. The topological polar surface area (TPSA) is 97.6 Å².